The molecule has 0 aliphatic heterocycles. The minimum Gasteiger partial charge on any atom is -0.330 e. The van der Waals surface area contributed by atoms with E-state index in [2.05, 4.69) is 5.32 Å². The third kappa shape index (κ3) is 5.60. The third-order valence-corrected chi connectivity index (χ3v) is 2.88. The van der Waals surface area contributed by atoms with Crippen molar-refractivity contribution >= 4 is 27.3 Å². The average molecular weight is 325 g/mol. The molecule has 0 unspecified atom stereocenters. The van der Waals surface area contributed by atoms with Crippen molar-refractivity contribution in [2.45, 2.75) is 12.6 Å². The second-order valence-electron chi connectivity index (χ2n) is 4.22. The molecule has 0 atom stereocenters. The number of carbonyl (C=O) groups is 1. The number of alkyl halides is 3. The molecule has 4 N–H and O–H groups in total. The zero-order valence-electron chi connectivity index (χ0n) is 11.0. The zero-order chi connectivity index (χ0) is 16.3. The zero-order valence-corrected chi connectivity index (χ0v) is 11.8. The molecule has 1 aromatic rings. The Morgan fingerprint density at radius 1 is 1.29 bits per heavy atom. The van der Waals surface area contributed by atoms with Gasteiger partial charge in [0.2, 0.25) is 15.9 Å². The fourth-order valence-electron chi connectivity index (χ4n) is 1.46. The fourth-order valence-corrected chi connectivity index (χ4v) is 2.03. The highest BCUT2D eigenvalue weighted by molar-refractivity contribution is 7.92. The molecule has 0 aromatic heterocycles. The SMILES string of the molecule is CS(=O)(=O)Nc1ccc(C(F)(F)F)cc1NC(=O)CCN. The van der Waals surface area contributed by atoms with Gasteiger partial charge in [-0.15, -0.1) is 0 Å². The van der Waals surface area contributed by atoms with Crippen LogP contribution in [0.25, 0.3) is 0 Å². The molecule has 0 saturated heterocycles. The third-order valence-electron chi connectivity index (χ3n) is 2.29. The maximum Gasteiger partial charge on any atom is 0.416 e. The molecule has 0 aliphatic carbocycles. The summed E-state index contributed by atoms with van der Waals surface area (Å²) in [5.74, 6) is -0.617. The van der Waals surface area contributed by atoms with Gasteiger partial charge < -0.3 is 11.1 Å². The first-order valence-corrected chi connectivity index (χ1v) is 7.61. The summed E-state index contributed by atoms with van der Waals surface area (Å²) in [5.41, 5.74) is 3.72. The number of sulfonamides is 1. The van der Waals surface area contributed by atoms with Crippen LogP contribution in [0.1, 0.15) is 12.0 Å². The molecule has 0 fully saturated rings. The Bertz CT molecular complexity index is 629. The van der Waals surface area contributed by atoms with E-state index >= 15 is 0 Å². The lowest BCUT2D eigenvalue weighted by Gasteiger charge is -2.15. The molecule has 21 heavy (non-hydrogen) atoms. The number of nitrogens with two attached hydrogens (primary N) is 1. The predicted octanol–water partition coefficient (Wildman–Crippen LogP) is 1.36. The van der Waals surface area contributed by atoms with Crippen LogP contribution in [0.15, 0.2) is 18.2 Å². The van der Waals surface area contributed by atoms with Crippen molar-refractivity contribution in [2.24, 2.45) is 5.73 Å². The molecule has 0 heterocycles. The Morgan fingerprint density at radius 2 is 1.90 bits per heavy atom. The van der Waals surface area contributed by atoms with Crippen molar-refractivity contribution in [1.29, 1.82) is 0 Å². The van der Waals surface area contributed by atoms with Crippen molar-refractivity contribution in [3.8, 4) is 0 Å². The number of carbonyl (C=O) groups excluding carboxylic acids is 1. The molecule has 1 aromatic carbocycles. The minimum absolute atomic E-state index is 0.0135. The number of benzene rings is 1. The monoisotopic (exact) mass is 325 g/mol. The molecule has 1 amide bonds. The lowest BCUT2D eigenvalue weighted by atomic mass is 10.1. The second-order valence-corrected chi connectivity index (χ2v) is 5.97. The summed E-state index contributed by atoms with van der Waals surface area (Å²) >= 11 is 0. The van der Waals surface area contributed by atoms with Gasteiger partial charge >= 0.3 is 6.18 Å². The Kier molecular flexibility index (Phi) is 5.18. The van der Waals surface area contributed by atoms with Crippen LogP contribution >= 0.6 is 0 Å². The van der Waals surface area contributed by atoms with Crippen LogP contribution in [0.4, 0.5) is 24.5 Å². The van der Waals surface area contributed by atoms with E-state index in [1.807, 2.05) is 4.72 Å². The second kappa shape index (κ2) is 6.31. The van der Waals surface area contributed by atoms with Crippen LogP contribution in [-0.4, -0.2) is 27.1 Å². The number of rotatable bonds is 5. The molecule has 1 rings (SSSR count). The van der Waals surface area contributed by atoms with Gasteiger partial charge in [-0.1, -0.05) is 0 Å². The van der Waals surface area contributed by atoms with Crippen LogP contribution in [-0.2, 0) is 21.0 Å². The maximum absolute atomic E-state index is 12.7. The number of anilines is 2. The largest absolute Gasteiger partial charge is 0.416 e. The number of halogens is 3. The molecular weight excluding hydrogens is 311 g/mol. The van der Waals surface area contributed by atoms with Gasteiger partial charge in [0.05, 0.1) is 23.2 Å². The predicted molar refractivity (Wildman–Crippen MR) is 72.2 cm³/mol. The summed E-state index contributed by atoms with van der Waals surface area (Å²) < 4.78 is 62.3. The minimum atomic E-state index is -4.61. The number of amides is 1. The van der Waals surface area contributed by atoms with Gasteiger partial charge in [-0.05, 0) is 18.2 Å². The first-order valence-electron chi connectivity index (χ1n) is 5.72. The van der Waals surface area contributed by atoms with Gasteiger partial charge in [0.25, 0.3) is 0 Å². The smallest absolute Gasteiger partial charge is 0.330 e. The Labute approximate surface area is 119 Å². The summed E-state index contributed by atoms with van der Waals surface area (Å²) in [4.78, 5) is 11.4. The summed E-state index contributed by atoms with van der Waals surface area (Å²) in [7, 11) is -3.70. The van der Waals surface area contributed by atoms with E-state index in [1.165, 1.54) is 0 Å². The quantitative estimate of drug-likeness (QED) is 0.761. The van der Waals surface area contributed by atoms with E-state index in [9.17, 15) is 26.4 Å². The van der Waals surface area contributed by atoms with Crippen molar-refractivity contribution in [1.82, 2.24) is 0 Å². The topological polar surface area (TPSA) is 101 Å². The Hall–Kier alpha value is -1.81. The van der Waals surface area contributed by atoms with E-state index in [-0.39, 0.29) is 24.3 Å². The Morgan fingerprint density at radius 3 is 2.38 bits per heavy atom. The summed E-state index contributed by atoms with van der Waals surface area (Å²) in [6.45, 7) is 0.0135. The highest BCUT2D eigenvalue weighted by atomic mass is 32.2. The average Bonchev–Trinajstić information content (AvgIpc) is 2.28. The normalized spacial score (nSPS) is 12.0. The van der Waals surface area contributed by atoms with Crippen LogP contribution < -0.4 is 15.8 Å². The highest BCUT2D eigenvalue weighted by Crippen LogP contribution is 2.34. The van der Waals surface area contributed by atoms with E-state index in [4.69, 9.17) is 5.73 Å². The van der Waals surface area contributed by atoms with Gasteiger partial charge in [-0.3, -0.25) is 9.52 Å². The van der Waals surface area contributed by atoms with E-state index < -0.39 is 27.7 Å². The van der Waals surface area contributed by atoms with E-state index in [0.717, 1.165) is 12.3 Å². The first-order chi connectivity index (χ1) is 9.53. The number of nitrogens with one attached hydrogen (secondary N) is 2. The lowest BCUT2D eigenvalue weighted by molar-refractivity contribution is -0.137. The van der Waals surface area contributed by atoms with Crippen molar-refractivity contribution in [3.05, 3.63) is 23.8 Å². The summed E-state index contributed by atoms with van der Waals surface area (Å²) in [6.07, 6.45) is -3.87. The van der Waals surface area contributed by atoms with Crippen LogP contribution in [0, 0.1) is 0 Å². The van der Waals surface area contributed by atoms with E-state index in [0.29, 0.717) is 12.1 Å². The molecule has 0 bridgehead atoms. The lowest BCUT2D eigenvalue weighted by Crippen LogP contribution is -2.19. The molecule has 0 aliphatic rings. The molecule has 10 heteroatoms. The van der Waals surface area contributed by atoms with E-state index in [1.54, 1.807) is 0 Å². The highest BCUT2D eigenvalue weighted by Gasteiger charge is 2.31. The first kappa shape index (κ1) is 17.2. The molecular formula is C11H14F3N3O3S. The standard InChI is InChI=1S/C11H14F3N3O3S/c1-21(19,20)17-8-3-2-7(11(12,13)14)6-9(8)16-10(18)4-5-15/h2-3,6,17H,4-5,15H2,1H3,(H,16,18). The molecule has 0 spiro atoms. The van der Waals surface area contributed by atoms with Crippen LogP contribution in [0.5, 0.6) is 0 Å². The molecule has 0 radical (unpaired) electrons. The van der Waals surface area contributed by atoms with Crippen LogP contribution in [0.2, 0.25) is 0 Å². The van der Waals surface area contributed by atoms with Crippen molar-refractivity contribution < 1.29 is 26.4 Å². The number of hydrogen-bond acceptors (Lipinski definition) is 4. The van der Waals surface area contributed by atoms with Crippen molar-refractivity contribution in [2.75, 3.05) is 22.8 Å². The molecule has 118 valence electrons. The van der Waals surface area contributed by atoms with Gasteiger partial charge in [0, 0.05) is 13.0 Å². The maximum atomic E-state index is 12.7. The van der Waals surface area contributed by atoms with Gasteiger partial charge in [-0.2, -0.15) is 13.2 Å². The fraction of sp³-hybridized carbons (Fsp3) is 0.364. The Balaban J connectivity index is 3.21. The van der Waals surface area contributed by atoms with Crippen molar-refractivity contribution in [3.63, 3.8) is 0 Å². The van der Waals surface area contributed by atoms with Gasteiger partial charge in [-0.25, -0.2) is 8.42 Å². The van der Waals surface area contributed by atoms with Crippen LogP contribution in [0.3, 0.4) is 0 Å². The number of hydrogen-bond donors (Lipinski definition) is 3. The molecule has 0 saturated carbocycles. The summed E-state index contributed by atoms with van der Waals surface area (Å²) in [6, 6.07) is 2.30. The summed E-state index contributed by atoms with van der Waals surface area (Å²) in [5, 5.41) is 2.20. The van der Waals surface area contributed by atoms with Gasteiger partial charge in [0.1, 0.15) is 0 Å². The molecule has 6 nitrogen and oxygen atoms in total. The van der Waals surface area contributed by atoms with Gasteiger partial charge in [0.15, 0.2) is 0 Å².